The number of likely N-dealkylation sites (tertiary alicyclic amines) is 1. The second-order valence-electron chi connectivity index (χ2n) is 6.72. The van der Waals surface area contributed by atoms with Crippen molar-refractivity contribution in [3.63, 3.8) is 0 Å². The Kier molecular flexibility index (Phi) is 5.63. The third kappa shape index (κ3) is 3.94. The lowest BCUT2D eigenvalue weighted by molar-refractivity contribution is 0.0221. The number of hydrogen-bond acceptors (Lipinski definition) is 3. The van der Waals surface area contributed by atoms with Gasteiger partial charge in [0.05, 0.1) is 16.9 Å². The molecule has 1 heterocycles. The van der Waals surface area contributed by atoms with Gasteiger partial charge in [0.15, 0.2) is 17.4 Å². The Morgan fingerprint density at radius 2 is 1.96 bits per heavy atom. The Balaban J connectivity index is 2.32. The van der Waals surface area contributed by atoms with E-state index in [1.807, 2.05) is 0 Å². The minimum Gasteiger partial charge on any atom is -0.444 e. The zero-order valence-electron chi connectivity index (χ0n) is 13.9. The molecule has 2 rings (SSSR count). The van der Waals surface area contributed by atoms with Crippen LogP contribution in [-0.4, -0.2) is 34.3 Å². The average Bonchev–Trinajstić information content (AvgIpc) is 2.97. The second-order valence-corrected chi connectivity index (χ2v) is 7.28. The van der Waals surface area contributed by atoms with Crippen LogP contribution in [0, 0.1) is 11.6 Å². The molecule has 1 atom stereocenters. The number of ether oxygens (including phenoxy) is 1. The Hall–Kier alpha value is -1.50. The summed E-state index contributed by atoms with van der Waals surface area (Å²) in [5, 5.41) is -0.0871. The number of halogens is 3. The maximum atomic E-state index is 14.5. The molecule has 0 spiro atoms. The molecule has 0 radical (unpaired) electrons. The molecule has 0 saturated carbocycles. The molecule has 0 N–H and O–H groups in total. The van der Waals surface area contributed by atoms with E-state index in [0.717, 1.165) is 0 Å². The molecule has 132 valence electrons. The summed E-state index contributed by atoms with van der Waals surface area (Å²) < 4.78 is 34.0. The van der Waals surface area contributed by atoms with E-state index >= 15 is 0 Å². The van der Waals surface area contributed by atoms with Crippen molar-refractivity contribution in [2.75, 3.05) is 11.9 Å². The van der Waals surface area contributed by atoms with Gasteiger partial charge in [0.2, 0.25) is 0 Å². The van der Waals surface area contributed by atoms with E-state index in [2.05, 4.69) is 15.9 Å². The van der Waals surface area contributed by atoms with Crippen molar-refractivity contribution in [2.24, 2.45) is 0 Å². The van der Waals surface area contributed by atoms with Gasteiger partial charge in [0, 0.05) is 12.1 Å². The molecule has 7 heteroatoms. The summed E-state index contributed by atoms with van der Waals surface area (Å²) in [5.41, 5.74) is -0.892. The van der Waals surface area contributed by atoms with E-state index in [4.69, 9.17) is 4.74 Å². The van der Waals surface area contributed by atoms with E-state index in [9.17, 15) is 18.4 Å². The number of benzene rings is 1. The highest BCUT2D eigenvalue weighted by molar-refractivity contribution is 9.09. The molecule has 1 saturated heterocycles. The van der Waals surface area contributed by atoms with Crippen LogP contribution >= 0.6 is 15.9 Å². The van der Waals surface area contributed by atoms with Crippen LogP contribution in [0.1, 0.15) is 55.6 Å². The Morgan fingerprint density at radius 3 is 2.54 bits per heavy atom. The highest BCUT2D eigenvalue weighted by Gasteiger charge is 2.35. The van der Waals surface area contributed by atoms with Gasteiger partial charge in [-0.1, -0.05) is 22.0 Å². The SMILES string of the molecule is CC(C)(C)OC(=O)N1CCCC1c1ccc(C(=O)CBr)c(F)c1F. The molecule has 0 aliphatic carbocycles. The standard InChI is InChI=1S/C17H20BrF2NO3/c1-17(2,3)24-16(23)21-8-4-5-12(21)10-6-7-11(13(22)9-18)15(20)14(10)19/h6-7,12H,4-5,8-9H2,1-3H3. The van der Waals surface area contributed by atoms with Crippen molar-refractivity contribution < 1.29 is 23.1 Å². The molecule has 1 aliphatic rings. The number of carbonyl (C=O) groups excluding carboxylic acids is 2. The summed E-state index contributed by atoms with van der Waals surface area (Å²) in [5.74, 6) is -2.79. The molecule has 1 fully saturated rings. The maximum absolute atomic E-state index is 14.5. The van der Waals surface area contributed by atoms with E-state index in [-0.39, 0.29) is 16.5 Å². The lowest BCUT2D eigenvalue weighted by Gasteiger charge is -2.29. The number of hydrogen-bond donors (Lipinski definition) is 0. The Labute approximate surface area is 148 Å². The highest BCUT2D eigenvalue weighted by atomic mass is 79.9. The number of Topliss-reactive ketones (excluding diaryl/α,β-unsaturated/α-hetero) is 1. The summed E-state index contributed by atoms with van der Waals surface area (Å²) in [4.78, 5) is 25.3. The molecule has 1 aliphatic heterocycles. The van der Waals surface area contributed by atoms with Gasteiger partial charge in [0.1, 0.15) is 5.60 Å². The number of carbonyl (C=O) groups is 2. The van der Waals surface area contributed by atoms with Gasteiger partial charge in [-0.05, 0) is 39.7 Å². The van der Waals surface area contributed by atoms with Gasteiger partial charge in [-0.3, -0.25) is 4.79 Å². The minimum atomic E-state index is -1.17. The topological polar surface area (TPSA) is 46.6 Å². The predicted molar refractivity (Wildman–Crippen MR) is 89.4 cm³/mol. The number of amides is 1. The maximum Gasteiger partial charge on any atom is 0.410 e. The molecule has 0 bridgehead atoms. The molecular weight excluding hydrogens is 384 g/mol. The first-order valence-corrected chi connectivity index (χ1v) is 8.84. The van der Waals surface area contributed by atoms with Crippen molar-refractivity contribution in [1.82, 2.24) is 4.90 Å². The fourth-order valence-electron chi connectivity index (χ4n) is 2.74. The van der Waals surface area contributed by atoms with Crippen molar-refractivity contribution in [3.05, 3.63) is 34.9 Å². The molecule has 0 aromatic heterocycles. The van der Waals surface area contributed by atoms with Crippen molar-refractivity contribution >= 4 is 27.8 Å². The molecule has 1 aromatic carbocycles. The minimum absolute atomic E-state index is 0.0713. The first-order chi connectivity index (χ1) is 11.2. The molecule has 1 amide bonds. The normalized spacial score (nSPS) is 17.9. The second kappa shape index (κ2) is 7.17. The van der Waals surface area contributed by atoms with Crippen LogP contribution in [0.2, 0.25) is 0 Å². The van der Waals surface area contributed by atoms with Crippen LogP contribution in [0.3, 0.4) is 0 Å². The Morgan fingerprint density at radius 1 is 1.29 bits per heavy atom. The monoisotopic (exact) mass is 403 g/mol. The van der Waals surface area contributed by atoms with E-state index in [1.54, 1.807) is 20.8 Å². The van der Waals surface area contributed by atoms with Gasteiger partial charge >= 0.3 is 6.09 Å². The van der Waals surface area contributed by atoms with E-state index in [1.165, 1.54) is 17.0 Å². The zero-order chi connectivity index (χ0) is 18.1. The molecule has 4 nitrogen and oxygen atoms in total. The zero-order valence-corrected chi connectivity index (χ0v) is 15.5. The number of ketones is 1. The third-order valence-corrected chi connectivity index (χ3v) is 4.28. The van der Waals surface area contributed by atoms with E-state index in [0.29, 0.717) is 19.4 Å². The van der Waals surface area contributed by atoms with Gasteiger partial charge in [-0.2, -0.15) is 0 Å². The first kappa shape index (κ1) is 18.8. The van der Waals surface area contributed by atoms with Crippen LogP contribution in [0.5, 0.6) is 0 Å². The quantitative estimate of drug-likeness (QED) is 0.546. The summed E-state index contributed by atoms with van der Waals surface area (Å²) in [6.45, 7) is 5.66. The third-order valence-electron chi connectivity index (χ3n) is 3.77. The number of rotatable bonds is 3. The van der Waals surface area contributed by atoms with Crippen molar-refractivity contribution in [3.8, 4) is 0 Å². The van der Waals surface area contributed by atoms with Crippen LogP contribution < -0.4 is 0 Å². The molecule has 1 aromatic rings. The molecule has 24 heavy (non-hydrogen) atoms. The van der Waals surface area contributed by atoms with Gasteiger partial charge < -0.3 is 9.64 Å². The fourth-order valence-corrected chi connectivity index (χ4v) is 3.04. The van der Waals surface area contributed by atoms with Crippen LogP contribution in [0.25, 0.3) is 0 Å². The van der Waals surface area contributed by atoms with Crippen LogP contribution in [0.4, 0.5) is 13.6 Å². The van der Waals surface area contributed by atoms with E-state index < -0.39 is 35.2 Å². The fraction of sp³-hybridized carbons (Fsp3) is 0.529. The lowest BCUT2D eigenvalue weighted by Crippen LogP contribution is -2.36. The largest absolute Gasteiger partial charge is 0.444 e. The summed E-state index contributed by atoms with van der Waals surface area (Å²) in [7, 11) is 0. The number of alkyl halides is 1. The Bertz CT molecular complexity index is 658. The first-order valence-electron chi connectivity index (χ1n) is 7.72. The summed E-state index contributed by atoms with van der Waals surface area (Å²) in [6, 6.07) is 2.05. The van der Waals surface area contributed by atoms with Crippen molar-refractivity contribution in [1.29, 1.82) is 0 Å². The lowest BCUT2D eigenvalue weighted by atomic mass is 10.00. The van der Waals surface area contributed by atoms with Crippen molar-refractivity contribution in [2.45, 2.75) is 45.3 Å². The number of nitrogens with zero attached hydrogens (tertiary/aromatic N) is 1. The highest BCUT2D eigenvalue weighted by Crippen LogP contribution is 2.35. The molecular formula is C17H20BrF2NO3. The van der Waals surface area contributed by atoms with Crippen LogP contribution in [0.15, 0.2) is 12.1 Å². The van der Waals surface area contributed by atoms with Gasteiger partial charge in [-0.25, -0.2) is 13.6 Å². The average molecular weight is 404 g/mol. The van der Waals surface area contributed by atoms with Gasteiger partial charge in [-0.15, -0.1) is 0 Å². The predicted octanol–water partition coefficient (Wildman–Crippen LogP) is 4.61. The molecule has 1 unspecified atom stereocenters. The summed E-state index contributed by atoms with van der Waals surface area (Å²) in [6.07, 6.45) is 0.638. The van der Waals surface area contributed by atoms with Gasteiger partial charge in [0.25, 0.3) is 0 Å². The van der Waals surface area contributed by atoms with Crippen LogP contribution in [-0.2, 0) is 4.74 Å². The summed E-state index contributed by atoms with van der Waals surface area (Å²) >= 11 is 2.94. The smallest absolute Gasteiger partial charge is 0.410 e.